The first-order chi connectivity index (χ1) is 15.9. The number of piperidine rings is 1. The minimum absolute atomic E-state index is 0.0499. The number of hydrogen-bond acceptors (Lipinski definition) is 5. The molecule has 1 aliphatic rings. The second kappa shape index (κ2) is 9.84. The Morgan fingerprint density at radius 2 is 1.94 bits per heavy atom. The van der Waals surface area contributed by atoms with E-state index in [1.54, 1.807) is 10.4 Å². The fourth-order valence-electron chi connectivity index (χ4n) is 4.25. The zero-order valence-electron chi connectivity index (χ0n) is 18.6. The number of benzene rings is 2. The number of carbonyl (C=O) groups is 1. The van der Waals surface area contributed by atoms with Crippen LogP contribution in [0.3, 0.4) is 0 Å². The number of fused-ring (bicyclic) bond motifs is 1. The van der Waals surface area contributed by atoms with Crippen LogP contribution in [0.25, 0.3) is 10.9 Å². The second-order valence-electron chi connectivity index (χ2n) is 8.39. The number of carbonyl (C=O) groups excluding carboxylic acids is 1. The van der Waals surface area contributed by atoms with Crippen molar-refractivity contribution in [3.8, 4) is 0 Å². The van der Waals surface area contributed by atoms with Crippen LogP contribution < -0.4 is 11.0 Å². The van der Waals surface area contributed by atoms with Crippen LogP contribution in [0, 0.1) is 0 Å². The lowest BCUT2D eigenvalue weighted by Gasteiger charge is -2.32. The lowest BCUT2D eigenvalue weighted by molar-refractivity contribution is -0.121. The summed E-state index contributed by atoms with van der Waals surface area (Å²) in [5, 5.41) is 3.32. The van der Waals surface area contributed by atoms with Gasteiger partial charge in [-0.1, -0.05) is 36.8 Å². The highest BCUT2D eigenvalue weighted by molar-refractivity contribution is 7.89. The maximum atomic E-state index is 13.2. The van der Waals surface area contributed by atoms with Crippen molar-refractivity contribution in [2.24, 2.45) is 0 Å². The van der Waals surface area contributed by atoms with E-state index in [0.29, 0.717) is 30.4 Å². The van der Waals surface area contributed by atoms with Crippen molar-refractivity contribution in [1.82, 2.24) is 19.2 Å². The van der Waals surface area contributed by atoms with Crippen molar-refractivity contribution in [2.45, 2.75) is 50.1 Å². The number of hydrogen-bond donors (Lipinski definition) is 1. The summed E-state index contributed by atoms with van der Waals surface area (Å²) in [6.07, 6.45) is 4.75. The standard InChI is InChI=1S/C24H28N4O4S/c1-18-7-5-6-14-28(18)33(31,32)21-10-11-22-20(15-21)16-26-24(30)27(22)17-23(29)25-13-12-19-8-3-2-4-9-19/h2-4,8-11,15-16,18H,5-7,12-14,17H2,1H3,(H,25,29). The molecular formula is C24H28N4O4S. The molecule has 0 spiro atoms. The van der Waals surface area contributed by atoms with E-state index in [2.05, 4.69) is 10.3 Å². The van der Waals surface area contributed by atoms with Gasteiger partial charge in [-0.3, -0.25) is 9.36 Å². The van der Waals surface area contributed by atoms with Crippen LogP contribution in [-0.2, 0) is 27.8 Å². The van der Waals surface area contributed by atoms with Crippen LogP contribution in [0.1, 0.15) is 31.7 Å². The molecule has 4 rings (SSSR count). The molecule has 1 amide bonds. The molecule has 33 heavy (non-hydrogen) atoms. The summed E-state index contributed by atoms with van der Waals surface area (Å²) < 4.78 is 29.2. The molecule has 2 heterocycles. The summed E-state index contributed by atoms with van der Waals surface area (Å²) in [5.74, 6) is -0.304. The van der Waals surface area contributed by atoms with Crippen LogP contribution in [0.4, 0.5) is 0 Å². The van der Waals surface area contributed by atoms with E-state index in [1.165, 1.54) is 22.9 Å². The largest absolute Gasteiger partial charge is 0.354 e. The summed E-state index contributed by atoms with van der Waals surface area (Å²) in [4.78, 5) is 28.9. The smallest absolute Gasteiger partial charge is 0.348 e. The Kier molecular flexibility index (Phi) is 6.90. The van der Waals surface area contributed by atoms with Crippen molar-refractivity contribution < 1.29 is 13.2 Å². The number of rotatable bonds is 7. The molecule has 9 heteroatoms. The van der Waals surface area contributed by atoms with Crippen molar-refractivity contribution in [1.29, 1.82) is 0 Å². The highest BCUT2D eigenvalue weighted by Crippen LogP contribution is 2.26. The maximum absolute atomic E-state index is 13.2. The maximum Gasteiger partial charge on any atom is 0.348 e. The van der Waals surface area contributed by atoms with Crippen molar-refractivity contribution in [2.75, 3.05) is 13.1 Å². The van der Waals surface area contributed by atoms with E-state index in [0.717, 1.165) is 24.8 Å². The van der Waals surface area contributed by atoms with Crippen molar-refractivity contribution in [3.05, 3.63) is 70.8 Å². The highest BCUT2D eigenvalue weighted by atomic mass is 32.2. The average Bonchev–Trinajstić information content (AvgIpc) is 2.81. The number of aromatic nitrogens is 2. The van der Waals surface area contributed by atoms with Gasteiger partial charge >= 0.3 is 5.69 Å². The molecule has 1 unspecified atom stereocenters. The van der Waals surface area contributed by atoms with E-state index < -0.39 is 15.7 Å². The Labute approximate surface area is 193 Å². The molecule has 1 aromatic heterocycles. The lowest BCUT2D eigenvalue weighted by atomic mass is 10.1. The number of sulfonamides is 1. The minimum atomic E-state index is -3.65. The quantitative estimate of drug-likeness (QED) is 0.573. The van der Waals surface area contributed by atoms with Gasteiger partial charge in [-0.2, -0.15) is 4.31 Å². The van der Waals surface area contributed by atoms with Gasteiger partial charge in [0.25, 0.3) is 0 Å². The third-order valence-corrected chi connectivity index (χ3v) is 8.07. The number of amides is 1. The van der Waals surface area contributed by atoms with Gasteiger partial charge in [-0.05, 0) is 49.9 Å². The van der Waals surface area contributed by atoms with E-state index in [4.69, 9.17) is 0 Å². The highest BCUT2D eigenvalue weighted by Gasteiger charge is 2.31. The number of nitrogens with one attached hydrogen (secondary N) is 1. The molecular weight excluding hydrogens is 440 g/mol. The lowest BCUT2D eigenvalue weighted by Crippen LogP contribution is -2.41. The van der Waals surface area contributed by atoms with Crippen molar-refractivity contribution >= 4 is 26.8 Å². The van der Waals surface area contributed by atoms with Crippen molar-refractivity contribution in [3.63, 3.8) is 0 Å². The van der Waals surface area contributed by atoms with Crippen LogP contribution in [-0.4, -0.2) is 47.3 Å². The SMILES string of the molecule is CC1CCCCN1S(=O)(=O)c1ccc2c(cnc(=O)n2CC(=O)NCCc2ccccc2)c1. The molecule has 0 radical (unpaired) electrons. The van der Waals surface area contributed by atoms with Gasteiger partial charge in [-0.25, -0.2) is 18.2 Å². The Hall–Kier alpha value is -3.04. The Morgan fingerprint density at radius 3 is 2.70 bits per heavy atom. The van der Waals surface area contributed by atoms with Gasteiger partial charge in [0.15, 0.2) is 0 Å². The first-order valence-corrected chi connectivity index (χ1v) is 12.6. The second-order valence-corrected chi connectivity index (χ2v) is 10.3. The predicted molar refractivity (Wildman–Crippen MR) is 126 cm³/mol. The Bertz CT molecular complexity index is 1310. The zero-order valence-corrected chi connectivity index (χ0v) is 19.4. The molecule has 174 valence electrons. The predicted octanol–water partition coefficient (Wildman–Crippen LogP) is 2.32. The van der Waals surface area contributed by atoms with Gasteiger partial charge < -0.3 is 5.32 Å². The molecule has 0 aliphatic carbocycles. The van der Waals surface area contributed by atoms with E-state index in [-0.39, 0.29) is 23.4 Å². The number of nitrogens with zero attached hydrogens (tertiary/aromatic N) is 3. The topological polar surface area (TPSA) is 101 Å². The molecule has 1 N–H and O–H groups in total. The molecule has 0 bridgehead atoms. The summed E-state index contributed by atoms with van der Waals surface area (Å²) in [5.41, 5.74) is 1.03. The van der Waals surface area contributed by atoms with Crippen LogP contribution in [0.2, 0.25) is 0 Å². The van der Waals surface area contributed by atoms with E-state index in [1.807, 2.05) is 37.3 Å². The summed E-state index contributed by atoms with van der Waals surface area (Å²) in [6, 6.07) is 14.4. The van der Waals surface area contributed by atoms with Gasteiger partial charge in [0.2, 0.25) is 15.9 Å². The van der Waals surface area contributed by atoms with Gasteiger partial charge in [-0.15, -0.1) is 0 Å². The molecule has 8 nitrogen and oxygen atoms in total. The molecule has 0 saturated carbocycles. The van der Waals surface area contributed by atoms with Gasteiger partial charge in [0, 0.05) is 30.7 Å². The van der Waals surface area contributed by atoms with Crippen LogP contribution >= 0.6 is 0 Å². The minimum Gasteiger partial charge on any atom is -0.354 e. The van der Waals surface area contributed by atoms with E-state index >= 15 is 0 Å². The molecule has 2 aromatic carbocycles. The normalized spacial score (nSPS) is 17.2. The molecule has 1 aliphatic heterocycles. The van der Waals surface area contributed by atoms with Crippen LogP contribution in [0.5, 0.6) is 0 Å². The van der Waals surface area contributed by atoms with Gasteiger partial charge in [0.1, 0.15) is 6.54 Å². The summed E-state index contributed by atoms with van der Waals surface area (Å²) in [6.45, 7) is 2.69. The van der Waals surface area contributed by atoms with Gasteiger partial charge in [0.05, 0.1) is 10.4 Å². The Balaban J connectivity index is 1.53. The van der Waals surface area contributed by atoms with Crippen LogP contribution in [0.15, 0.2) is 64.4 Å². The first kappa shape index (κ1) is 23.1. The Morgan fingerprint density at radius 1 is 1.15 bits per heavy atom. The third-order valence-electron chi connectivity index (χ3n) is 6.06. The summed E-state index contributed by atoms with van der Waals surface area (Å²) >= 11 is 0. The monoisotopic (exact) mass is 468 g/mol. The molecule has 1 fully saturated rings. The third kappa shape index (κ3) is 5.15. The molecule has 1 atom stereocenters. The molecule has 1 saturated heterocycles. The zero-order chi connectivity index (χ0) is 23.4. The molecule has 3 aromatic rings. The first-order valence-electron chi connectivity index (χ1n) is 11.2. The average molecular weight is 469 g/mol. The fourth-order valence-corrected chi connectivity index (χ4v) is 5.98. The fraction of sp³-hybridized carbons (Fsp3) is 0.375. The van der Waals surface area contributed by atoms with E-state index in [9.17, 15) is 18.0 Å². The summed E-state index contributed by atoms with van der Waals surface area (Å²) in [7, 11) is -3.65.